The van der Waals surface area contributed by atoms with Crippen LogP contribution in [-0.4, -0.2) is 36.7 Å². The third kappa shape index (κ3) is 2.79. The fourth-order valence-corrected chi connectivity index (χ4v) is 4.27. The number of hydrogen-bond donors (Lipinski definition) is 2. The molecule has 1 aliphatic heterocycles. The monoisotopic (exact) mass is 333 g/mol. The Morgan fingerprint density at radius 2 is 2.17 bits per heavy atom. The average Bonchev–Trinajstić information content (AvgIpc) is 2.78. The molecule has 4 nitrogen and oxygen atoms in total. The van der Waals surface area contributed by atoms with Crippen LogP contribution in [0.25, 0.3) is 0 Å². The molecule has 1 aromatic rings. The molecule has 0 amide bonds. The zero-order valence-corrected chi connectivity index (χ0v) is 13.2. The molecule has 18 heavy (non-hydrogen) atoms. The van der Waals surface area contributed by atoms with Gasteiger partial charge in [0.1, 0.15) is 0 Å². The molecule has 2 heterocycles. The van der Waals surface area contributed by atoms with Crippen LogP contribution in [0.1, 0.15) is 24.8 Å². The Bertz CT molecular complexity index is 390. The van der Waals surface area contributed by atoms with Crippen molar-refractivity contribution in [2.45, 2.75) is 25.4 Å². The average molecular weight is 334 g/mol. The van der Waals surface area contributed by atoms with Crippen LogP contribution in [0, 0.1) is 0 Å². The number of thiophene rings is 1. The quantitative estimate of drug-likeness (QED) is 0.654. The first-order chi connectivity index (χ1) is 8.57. The van der Waals surface area contributed by atoms with Crippen molar-refractivity contribution in [2.75, 3.05) is 26.3 Å². The van der Waals surface area contributed by atoms with Gasteiger partial charge in [-0.3, -0.25) is 16.2 Å². The van der Waals surface area contributed by atoms with Crippen LogP contribution in [0.3, 0.4) is 0 Å². The van der Waals surface area contributed by atoms with Gasteiger partial charge in [0, 0.05) is 28.0 Å². The third-order valence-corrected chi connectivity index (χ3v) is 5.54. The second kappa shape index (κ2) is 5.98. The van der Waals surface area contributed by atoms with Crippen molar-refractivity contribution in [3.8, 4) is 0 Å². The minimum Gasteiger partial charge on any atom is -0.379 e. The summed E-state index contributed by atoms with van der Waals surface area (Å²) in [5, 5.41) is 2.08. The van der Waals surface area contributed by atoms with E-state index in [1.807, 2.05) is 0 Å². The second-order valence-corrected chi connectivity index (χ2v) is 6.79. The number of nitrogens with one attached hydrogen (secondary N) is 1. The summed E-state index contributed by atoms with van der Waals surface area (Å²) in [5.41, 5.74) is 2.93. The lowest BCUT2D eigenvalue weighted by Gasteiger charge is -2.45. The first kappa shape index (κ1) is 14.4. The van der Waals surface area contributed by atoms with E-state index in [1.165, 1.54) is 4.88 Å². The Kier molecular flexibility index (Phi) is 4.80. The van der Waals surface area contributed by atoms with Crippen LogP contribution in [0.15, 0.2) is 15.9 Å². The van der Waals surface area contributed by atoms with Gasteiger partial charge in [0.2, 0.25) is 0 Å². The van der Waals surface area contributed by atoms with Gasteiger partial charge in [-0.15, -0.1) is 11.3 Å². The third-order valence-electron chi connectivity index (χ3n) is 3.61. The summed E-state index contributed by atoms with van der Waals surface area (Å²) in [7, 11) is 0. The maximum atomic E-state index is 5.80. The van der Waals surface area contributed by atoms with Crippen LogP contribution in [-0.2, 0) is 4.74 Å². The van der Waals surface area contributed by atoms with E-state index in [4.69, 9.17) is 10.6 Å². The summed E-state index contributed by atoms with van der Waals surface area (Å²) >= 11 is 5.32. The van der Waals surface area contributed by atoms with Gasteiger partial charge in [-0.25, -0.2) is 0 Å². The van der Waals surface area contributed by atoms with Gasteiger partial charge >= 0.3 is 0 Å². The van der Waals surface area contributed by atoms with Gasteiger partial charge in [0.05, 0.1) is 19.3 Å². The molecule has 2 rings (SSSR count). The molecule has 0 aliphatic carbocycles. The Balaban J connectivity index is 2.22. The number of halogens is 1. The lowest BCUT2D eigenvalue weighted by molar-refractivity contribution is -0.0234. The number of hydrogen-bond acceptors (Lipinski definition) is 5. The van der Waals surface area contributed by atoms with Crippen molar-refractivity contribution in [3.63, 3.8) is 0 Å². The fourth-order valence-electron chi connectivity index (χ4n) is 2.43. The lowest BCUT2D eigenvalue weighted by atomic mass is 9.91. The summed E-state index contributed by atoms with van der Waals surface area (Å²) in [6.07, 6.45) is 0. The van der Waals surface area contributed by atoms with Gasteiger partial charge in [0.15, 0.2) is 0 Å². The highest BCUT2D eigenvalue weighted by atomic mass is 79.9. The normalized spacial score (nSPS) is 20.0. The molecule has 0 radical (unpaired) electrons. The summed E-state index contributed by atoms with van der Waals surface area (Å²) in [6.45, 7) is 7.96. The van der Waals surface area contributed by atoms with Crippen molar-refractivity contribution in [2.24, 2.45) is 5.84 Å². The van der Waals surface area contributed by atoms with Gasteiger partial charge in [0.25, 0.3) is 0 Å². The van der Waals surface area contributed by atoms with Crippen molar-refractivity contribution < 1.29 is 4.74 Å². The minimum absolute atomic E-state index is 0.0497. The van der Waals surface area contributed by atoms with E-state index in [9.17, 15) is 0 Å². The Labute approximate surface area is 121 Å². The van der Waals surface area contributed by atoms with Gasteiger partial charge in [-0.05, 0) is 41.2 Å². The van der Waals surface area contributed by atoms with Crippen LogP contribution < -0.4 is 11.3 Å². The first-order valence-corrected chi connectivity index (χ1v) is 7.76. The van der Waals surface area contributed by atoms with Crippen LogP contribution in [0.2, 0.25) is 0 Å². The van der Waals surface area contributed by atoms with E-state index in [2.05, 4.69) is 51.5 Å². The number of hydrazine groups is 1. The van der Waals surface area contributed by atoms with E-state index in [0.29, 0.717) is 0 Å². The first-order valence-electron chi connectivity index (χ1n) is 6.09. The Morgan fingerprint density at radius 3 is 2.67 bits per heavy atom. The highest BCUT2D eigenvalue weighted by Gasteiger charge is 2.38. The van der Waals surface area contributed by atoms with Gasteiger partial charge < -0.3 is 4.74 Å². The predicted octanol–water partition coefficient (Wildman–Crippen LogP) is 2.13. The lowest BCUT2D eigenvalue weighted by Crippen LogP contribution is -2.57. The number of ether oxygens (including phenoxy) is 1. The smallest absolute Gasteiger partial charge is 0.0742 e. The fraction of sp³-hybridized carbons (Fsp3) is 0.667. The largest absolute Gasteiger partial charge is 0.379 e. The SMILES string of the molecule is CC(C)(C(NN)c1sccc1Br)N1CCOCC1. The van der Waals surface area contributed by atoms with E-state index < -0.39 is 0 Å². The molecular weight excluding hydrogens is 314 g/mol. The van der Waals surface area contributed by atoms with Crippen molar-refractivity contribution in [3.05, 3.63) is 20.8 Å². The topological polar surface area (TPSA) is 50.5 Å². The summed E-state index contributed by atoms with van der Waals surface area (Å²) < 4.78 is 6.54. The van der Waals surface area contributed by atoms with Gasteiger partial charge in [-0.1, -0.05) is 0 Å². The molecule has 0 saturated carbocycles. The predicted molar refractivity (Wildman–Crippen MR) is 78.6 cm³/mol. The molecule has 102 valence electrons. The van der Waals surface area contributed by atoms with Crippen LogP contribution in [0.5, 0.6) is 0 Å². The maximum Gasteiger partial charge on any atom is 0.0742 e. The van der Waals surface area contributed by atoms with E-state index in [-0.39, 0.29) is 11.6 Å². The summed E-state index contributed by atoms with van der Waals surface area (Å²) in [6, 6.07) is 2.17. The molecule has 1 unspecified atom stereocenters. The maximum absolute atomic E-state index is 5.80. The van der Waals surface area contributed by atoms with Crippen molar-refractivity contribution >= 4 is 27.3 Å². The van der Waals surface area contributed by atoms with Crippen molar-refractivity contribution in [1.82, 2.24) is 10.3 Å². The standard InChI is InChI=1S/C12H20BrN3OS/c1-12(2,16-4-6-17-7-5-16)11(15-14)10-9(13)3-8-18-10/h3,8,11,15H,4-7,14H2,1-2H3. The molecule has 1 aliphatic rings. The molecular formula is C12H20BrN3OS. The zero-order chi connectivity index (χ0) is 13.2. The second-order valence-electron chi connectivity index (χ2n) is 4.99. The van der Waals surface area contributed by atoms with Crippen molar-refractivity contribution in [1.29, 1.82) is 0 Å². The molecule has 0 bridgehead atoms. The summed E-state index contributed by atoms with van der Waals surface area (Å²) in [5.74, 6) is 5.80. The zero-order valence-electron chi connectivity index (χ0n) is 10.8. The number of morpholine rings is 1. The molecule has 6 heteroatoms. The molecule has 1 saturated heterocycles. The van der Waals surface area contributed by atoms with Gasteiger partial charge in [-0.2, -0.15) is 0 Å². The van der Waals surface area contributed by atoms with E-state index >= 15 is 0 Å². The molecule has 1 fully saturated rings. The Morgan fingerprint density at radius 1 is 1.50 bits per heavy atom. The van der Waals surface area contributed by atoms with Crippen LogP contribution in [0.4, 0.5) is 0 Å². The highest BCUT2D eigenvalue weighted by molar-refractivity contribution is 9.10. The molecule has 0 spiro atoms. The van der Waals surface area contributed by atoms with E-state index in [0.717, 1.165) is 30.8 Å². The minimum atomic E-state index is -0.0497. The van der Waals surface area contributed by atoms with E-state index in [1.54, 1.807) is 11.3 Å². The Hall–Kier alpha value is 0.0200. The molecule has 1 aromatic heterocycles. The molecule has 1 atom stereocenters. The number of nitrogens with two attached hydrogens (primary N) is 1. The molecule has 3 N–H and O–H groups in total. The number of nitrogens with zero attached hydrogens (tertiary/aromatic N) is 1. The highest BCUT2D eigenvalue weighted by Crippen LogP contribution is 2.37. The summed E-state index contributed by atoms with van der Waals surface area (Å²) in [4.78, 5) is 3.68. The molecule has 0 aromatic carbocycles. The number of rotatable bonds is 4. The van der Waals surface area contributed by atoms with Crippen LogP contribution >= 0.6 is 27.3 Å².